The third-order valence-electron chi connectivity index (χ3n) is 3.18. The molecule has 1 heteroatoms. The second kappa shape index (κ2) is 4.26. The molecule has 0 unspecified atom stereocenters. The van der Waals surface area contributed by atoms with Gasteiger partial charge in [0.1, 0.15) is 0 Å². The van der Waals surface area contributed by atoms with Crippen molar-refractivity contribution >= 4 is 10.9 Å². The minimum Gasteiger partial charge on any atom is -0.253 e. The highest BCUT2D eigenvalue weighted by atomic mass is 14.7. The Morgan fingerprint density at radius 2 is 1.61 bits per heavy atom. The topological polar surface area (TPSA) is 12.9 Å². The maximum Gasteiger partial charge on any atom is 0.0714 e. The van der Waals surface area contributed by atoms with Gasteiger partial charge in [-0.1, -0.05) is 42.5 Å². The van der Waals surface area contributed by atoms with E-state index in [0.717, 1.165) is 11.2 Å². The van der Waals surface area contributed by atoms with Gasteiger partial charge in [-0.2, -0.15) is 0 Å². The molecule has 0 spiro atoms. The quantitative estimate of drug-likeness (QED) is 0.602. The normalized spacial score (nSPS) is 10.8. The van der Waals surface area contributed by atoms with Crippen molar-refractivity contribution in [1.82, 2.24) is 4.98 Å². The van der Waals surface area contributed by atoms with Gasteiger partial charge in [0.05, 0.1) is 5.52 Å². The molecule has 3 aromatic rings. The summed E-state index contributed by atoms with van der Waals surface area (Å²) in [5.74, 6) is 0. The zero-order valence-electron chi connectivity index (χ0n) is 10.6. The molecule has 0 amide bonds. The Morgan fingerprint density at radius 1 is 0.833 bits per heavy atom. The van der Waals surface area contributed by atoms with E-state index in [1.54, 1.807) is 0 Å². The van der Waals surface area contributed by atoms with E-state index in [1.165, 1.54) is 22.1 Å². The average molecular weight is 233 g/mol. The van der Waals surface area contributed by atoms with E-state index in [0.29, 0.717) is 0 Å². The number of nitrogens with zero attached hydrogens (tertiary/aromatic N) is 1. The molecule has 0 saturated carbocycles. The number of aryl methyl sites for hydroxylation is 2. The predicted molar refractivity (Wildman–Crippen MR) is 76.7 cm³/mol. The molecule has 0 bridgehead atoms. The van der Waals surface area contributed by atoms with Crippen LogP contribution in [0.25, 0.3) is 22.0 Å². The number of hydrogen-bond donors (Lipinski definition) is 0. The van der Waals surface area contributed by atoms with Gasteiger partial charge in [0.2, 0.25) is 0 Å². The Kier molecular flexibility index (Phi) is 2.60. The fourth-order valence-corrected chi connectivity index (χ4v) is 2.33. The van der Waals surface area contributed by atoms with Crippen LogP contribution in [0.5, 0.6) is 0 Å². The van der Waals surface area contributed by atoms with Crippen LogP contribution in [0.2, 0.25) is 0 Å². The number of aromatic nitrogens is 1. The lowest BCUT2D eigenvalue weighted by Crippen LogP contribution is -1.89. The minimum atomic E-state index is 1.06. The lowest BCUT2D eigenvalue weighted by atomic mass is 9.99. The fraction of sp³-hybridized carbons (Fsp3) is 0.118. The first-order valence-corrected chi connectivity index (χ1v) is 6.17. The number of fused-ring (bicyclic) bond motifs is 1. The van der Waals surface area contributed by atoms with Crippen molar-refractivity contribution in [3.8, 4) is 11.1 Å². The van der Waals surface area contributed by atoms with Crippen LogP contribution in [-0.2, 0) is 0 Å². The summed E-state index contributed by atoms with van der Waals surface area (Å²) in [6.07, 6.45) is 0. The lowest BCUT2D eigenvalue weighted by Gasteiger charge is -2.08. The molecule has 2 aromatic carbocycles. The summed E-state index contributed by atoms with van der Waals surface area (Å²) in [6.45, 7) is 4.15. The van der Waals surface area contributed by atoms with Gasteiger partial charge in [-0.25, -0.2) is 0 Å². The molecule has 0 aliphatic rings. The molecule has 0 atom stereocenters. The summed E-state index contributed by atoms with van der Waals surface area (Å²) >= 11 is 0. The van der Waals surface area contributed by atoms with Gasteiger partial charge in [-0.15, -0.1) is 0 Å². The van der Waals surface area contributed by atoms with E-state index >= 15 is 0 Å². The predicted octanol–water partition coefficient (Wildman–Crippen LogP) is 4.52. The van der Waals surface area contributed by atoms with Crippen molar-refractivity contribution < 1.29 is 0 Å². The maximum atomic E-state index is 4.62. The van der Waals surface area contributed by atoms with E-state index in [9.17, 15) is 0 Å². The second-order valence-electron chi connectivity index (χ2n) is 4.70. The molecule has 1 aromatic heterocycles. The van der Waals surface area contributed by atoms with E-state index in [-0.39, 0.29) is 0 Å². The number of benzene rings is 2. The Hall–Kier alpha value is -2.15. The number of hydrogen-bond acceptors (Lipinski definition) is 1. The zero-order valence-corrected chi connectivity index (χ0v) is 10.6. The molecule has 18 heavy (non-hydrogen) atoms. The van der Waals surface area contributed by atoms with Crippen molar-refractivity contribution in [1.29, 1.82) is 0 Å². The number of pyridine rings is 1. The molecule has 0 saturated heterocycles. The summed E-state index contributed by atoms with van der Waals surface area (Å²) in [5.41, 5.74) is 5.90. The van der Waals surface area contributed by atoms with Crippen LogP contribution < -0.4 is 0 Å². The van der Waals surface area contributed by atoms with Gasteiger partial charge < -0.3 is 0 Å². The van der Waals surface area contributed by atoms with Crippen LogP contribution in [0.4, 0.5) is 0 Å². The molecule has 0 fully saturated rings. The van der Waals surface area contributed by atoms with E-state index < -0.39 is 0 Å². The highest BCUT2D eigenvalue weighted by Gasteiger charge is 2.05. The third-order valence-corrected chi connectivity index (χ3v) is 3.18. The summed E-state index contributed by atoms with van der Waals surface area (Å²) in [5, 5.41) is 1.22. The van der Waals surface area contributed by atoms with Gasteiger partial charge >= 0.3 is 0 Å². The molecule has 0 radical (unpaired) electrons. The van der Waals surface area contributed by atoms with Gasteiger partial charge in [0.25, 0.3) is 0 Å². The standard InChI is InChI=1S/C17H15N/c1-12-8-9-15-16(14-6-4-3-5-7-14)11-13(2)18-17(15)10-12/h3-11H,1-2H3. The molecule has 3 rings (SSSR count). The maximum absolute atomic E-state index is 4.62. The van der Waals surface area contributed by atoms with Crippen molar-refractivity contribution in [2.75, 3.05) is 0 Å². The van der Waals surface area contributed by atoms with Crippen molar-refractivity contribution in [3.05, 3.63) is 65.9 Å². The fourth-order valence-electron chi connectivity index (χ4n) is 2.33. The summed E-state index contributed by atoms with van der Waals surface area (Å²) in [7, 11) is 0. The van der Waals surface area contributed by atoms with Crippen LogP contribution in [0.15, 0.2) is 54.6 Å². The molecule has 88 valence electrons. The molecular formula is C17H15N. The van der Waals surface area contributed by atoms with Gasteiger partial charge in [-0.3, -0.25) is 4.98 Å². The van der Waals surface area contributed by atoms with E-state index in [4.69, 9.17) is 0 Å². The van der Waals surface area contributed by atoms with E-state index in [1.807, 2.05) is 13.0 Å². The van der Waals surface area contributed by atoms with E-state index in [2.05, 4.69) is 60.4 Å². The zero-order chi connectivity index (χ0) is 12.5. The molecule has 0 aliphatic heterocycles. The van der Waals surface area contributed by atoms with Crippen LogP contribution in [0.3, 0.4) is 0 Å². The lowest BCUT2D eigenvalue weighted by molar-refractivity contribution is 1.25. The first-order chi connectivity index (χ1) is 8.74. The molecule has 0 aliphatic carbocycles. The molecular weight excluding hydrogens is 218 g/mol. The number of rotatable bonds is 1. The Morgan fingerprint density at radius 3 is 2.39 bits per heavy atom. The van der Waals surface area contributed by atoms with Crippen LogP contribution >= 0.6 is 0 Å². The second-order valence-corrected chi connectivity index (χ2v) is 4.70. The van der Waals surface area contributed by atoms with Gasteiger partial charge in [-0.05, 0) is 42.7 Å². The Bertz CT molecular complexity index is 694. The van der Waals surface area contributed by atoms with Crippen LogP contribution in [0, 0.1) is 13.8 Å². The smallest absolute Gasteiger partial charge is 0.0714 e. The third kappa shape index (κ3) is 1.88. The minimum absolute atomic E-state index is 1.06. The van der Waals surface area contributed by atoms with Crippen LogP contribution in [0.1, 0.15) is 11.3 Å². The summed E-state index contributed by atoms with van der Waals surface area (Å²) in [6, 6.07) is 19.1. The van der Waals surface area contributed by atoms with Crippen molar-refractivity contribution in [2.24, 2.45) is 0 Å². The van der Waals surface area contributed by atoms with Crippen molar-refractivity contribution in [3.63, 3.8) is 0 Å². The summed E-state index contributed by atoms with van der Waals surface area (Å²) in [4.78, 5) is 4.62. The highest BCUT2D eigenvalue weighted by molar-refractivity contribution is 5.94. The summed E-state index contributed by atoms with van der Waals surface area (Å²) < 4.78 is 0. The monoisotopic (exact) mass is 233 g/mol. The molecule has 1 heterocycles. The largest absolute Gasteiger partial charge is 0.253 e. The van der Waals surface area contributed by atoms with Crippen LogP contribution in [-0.4, -0.2) is 4.98 Å². The first-order valence-electron chi connectivity index (χ1n) is 6.17. The SMILES string of the molecule is Cc1ccc2c(-c3ccccc3)cc(C)nc2c1. The van der Waals surface area contributed by atoms with Crippen molar-refractivity contribution in [2.45, 2.75) is 13.8 Å². The highest BCUT2D eigenvalue weighted by Crippen LogP contribution is 2.28. The first kappa shape index (κ1) is 11.0. The molecule has 1 nitrogen and oxygen atoms in total. The average Bonchev–Trinajstić information content (AvgIpc) is 2.38. The Balaban J connectivity index is 2.35. The Labute approximate surface area is 107 Å². The van der Waals surface area contributed by atoms with Gasteiger partial charge in [0, 0.05) is 11.1 Å². The van der Waals surface area contributed by atoms with Gasteiger partial charge in [0.15, 0.2) is 0 Å². The molecule has 0 N–H and O–H groups in total.